The molecule has 0 N–H and O–H groups in total. The number of hydrogen-bond acceptors (Lipinski definition) is 2. The van der Waals surface area contributed by atoms with Crippen LogP contribution < -0.4 is 4.50 Å². The Morgan fingerprint density at radius 1 is 0.774 bits per heavy atom. The van der Waals surface area contributed by atoms with E-state index in [2.05, 4.69) is 107 Å². The summed E-state index contributed by atoms with van der Waals surface area (Å²) in [6.45, 7) is 14.2. The van der Waals surface area contributed by atoms with Crippen LogP contribution in [0.2, 0.25) is 19.6 Å². The molecule has 5 aromatic rings. The lowest BCUT2D eigenvalue weighted by molar-refractivity contribution is 0.596. The fraction of sp³-hybridized carbons (Fsp3) is 0.250. The Labute approximate surface area is 189 Å². The number of pyridine rings is 1. The Morgan fingerprint density at radius 2 is 1.45 bits per heavy atom. The molecule has 3 aromatic carbocycles. The molecule has 31 heavy (non-hydrogen) atoms. The molecule has 0 unspecified atom stereocenters. The van der Waals surface area contributed by atoms with E-state index >= 15 is 0 Å². The molecular formula is C28H29NSSi. The number of fused-ring (bicyclic) bond motifs is 4. The van der Waals surface area contributed by atoms with Crippen LogP contribution in [0.15, 0.2) is 66.7 Å². The second kappa shape index (κ2) is 7.01. The summed E-state index contributed by atoms with van der Waals surface area (Å²) in [5.41, 5.74) is 4.86. The summed E-state index contributed by atoms with van der Waals surface area (Å²) in [6, 6.07) is 24.5. The highest BCUT2D eigenvalue weighted by Gasteiger charge is 2.24. The van der Waals surface area contributed by atoms with Crippen molar-refractivity contribution in [2.24, 2.45) is 0 Å². The molecule has 156 valence electrons. The van der Waals surface area contributed by atoms with Gasteiger partial charge in [0.2, 0.25) is 0 Å². The number of benzene rings is 3. The molecule has 5 rings (SSSR count). The van der Waals surface area contributed by atoms with E-state index in [1.807, 2.05) is 11.3 Å². The minimum absolute atomic E-state index is 0.0592. The molecule has 0 spiro atoms. The largest absolute Gasteiger partial charge is 0.247 e. The van der Waals surface area contributed by atoms with Crippen molar-refractivity contribution < 1.29 is 0 Å². The first kappa shape index (κ1) is 20.4. The maximum atomic E-state index is 5.22. The van der Waals surface area contributed by atoms with E-state index in [-0.39, 0.29) is 5.41 Å². The molecular weight excluding hydrogens is 410 g/mol. The van der Waals surface area contributed by atoms with Gasteiger partial charge in [-0.2, -0.15) is 0 Å². The molecule has 0 saturated carbocycles. The van der Waals surface area contributed by atoms with Gasteiger partial charge < -0.3 is 0 Å². The third-order valence-electron chi connectivity index (χ3n) is 6.05. The highest BCUT2D eigenvalue weighted by atomic mass is 32.1. The quantitative estimate of drug-likeness (QED) is 0.253. The van der Waals surface area contributed by atoms with Crippen LogP contribution in [-0.2, 0) is 5.41 Å². The minimum atomic E-state index is -1.42. The van der Waals surface area contributed by atoms with E-state index in [1.54, 1.807) is 4.50 Å². The van der Waals surface area contributed by atoms with Crippen molar-refractivity contribution in [1.29, 1.82) is 0 Å². The monoisotopic (exact) mass is 439 g/mol. The Kier molecular flexibility index (Phi) is 4.62. The van der Waals surface area contributed by atoms with E-state index in [4.69, 9.17) is 4.98 Å². The zero-order valence-electron chi connectivity index (χ0n) is 19.2. The molecule has 0 bridgehead atoms. The smallest absolute Gasteiger partial charge is 0.0904 e. The van der Waals surface area contributed by atoms with Gasteiger partial charge in [-0.3, -0.25) is 0 Å². The first-order valence-corrected chi connectivity index (χ1v) is 15.3. The molecule has 0 atom stereocenters. The predicted molar refractivity (Wildman–Crippen MR) is 142 cm³/mol. The minimum Gasteiger partial charge on any atom is -0.247 e. The second-order valence-electron chi connectivity index (χ2n) is 10.6. The fourth-order valence-corrected chi connectivity index (χ4v) is 7.42. The van der Waals surface area contributed by atoms with E-state index in [1.165, 1.54) is 37.4 Å². The summed E-state index contributed by atoms with van der Waals surface area (Å²) in [4.78, 5) is 5.22. The Balaban J connectivity index is 1.90. The Bertz CT molecular complexity index is 1450. The molecule has 2 aromatic heterocycles. The number of hydrogen-bond donors (Lipinski definition) is 0. The van der Waals surface area contributed by atoms with Gasteiger partial charge in [-0.05, 0) is 50.5 Å². The molecule has 0 saturated heterocycles. The lowest BCUT2D eigenvalue weighted by atomic mass is 9.82. The zero-order valence-corrected chi connectivity index (χ0v) is 21.0. The van der Waals surface area contributed by atoms with Crippen molar-refractivity contribution in [3.63, 3.8) is 0 Å². The first-order chi connectivity index (χ1) is 14.6. The van der Waals surface area contributed by atoms with E-state index < -0.39 is 8.07 Å². The van der Waals surface area contributed by atoms with Gasteiger partial charge in [0, 0.05) is 21.0 Å². The molecule has 1 nitrogen and oxygen atoms in total. The normalized spacial score (nSPS) is 12.8. The van der Waals surface area contributed by atoms with Gasteiger partial charge in [0.05, 0.1) is 19.3 Å². The predicted octanol–water partition coefficient (Wildman–Crippen LogP) is 8.11. The first-order valence-electron chi connectivity index (χ1n) is 11.0. The van der Waals surface area contributed by atoms with Gasteiger partial charge in [-0.15, -0.1) is 11.3 Å². The standard InChI is InChI=1S/C28H29NSSi/c1-28(2,3)23-16-19(15-18-11-7-8-12-20(18)23)26-22-17-25(31(4,5)6)30-27(22)21-13-9-10-14-24(21)29-26/h7-17H,1-6H3. The summed E-state index contributed by atoms with van der Waals surface area (Å²) < 4.78 is 2.92. The van der Waals surface area contributed by atoms with Crippen molar-refractivity contribution in [2.45, 2.75) is 45.8 Å². The SMILES string of the molecule is CC(C)(C)c1cc(-c2nc3ccccc3c3sc([Si](C)(C)C)cc23)cc2ccccc12. The van der Waals surface area contributed by atoms with E-state index in [9.17, 15) is 0 Å². The zero-order chi connectivity index (χ0) is 22.0. The lowest BCUT2D eigenvalue weighted by Gasteiger charge is -2.23. The van der Waals surface area contributed by atoms with Gasteiger partial charge >= 0.3 is 0 Å². The van der Waals surface area contributed by atoms with Gasteiger partial charge in [-0.1, -0.05) is 82.9 Å². The van der Waals surface area contributed by atoms with Crippen molar-refractivity contribution in [2.75, 3.05) is 0 Å². The third-order valence-corrected chi connectivity index (χ3v) is 10.8. The van der Waals surface area contributed by atoms with Gasteiger partial charge in [0.25, 0.3) is 0 Å². The maximum absolute atomic E-state index is 5.22. The van der Waals surface area contributed by atoms with Gasteiger partial charge in [0.1, 0.15) is 0 Å². The highest BCUT2D eigenvalue weighted by Crippen LogP contribution is 2.39. The molecule has 0 aliphatic rings. The summed E-state index contributed by atoms with van der Waals surface area (Å²) in [6.07, 6.45) is 0. The van der Waals surface area contributed by atoms with Gasteiger partial charge in [0.15, 0.2) is 0 Å². The Hall–Kier alpha value is -2.49. The van der Waals surface area contributed by atoms with Crippen molar-refractivity contribution in [3.8, 4) is 11.3 Å². The van der Waals surface area contributed by atoms with Crippen LogP contribution in [0.25, 0.3) is 43.0 Å². The van der Waals surface area contributed by atoms with Crippen LogP contribution in [0.5, 0.6) is 0 Å². The molecule has 0 fully saturated rings. The maximum Gasteiger partial charge on any atom is 0.0904 e. The molecule has 0 radical (unpaired) electrons. The van der Waals surface area contributed by atoms with Crippen LogP contribution in [0.4, 0.5) is 0 Å². The number of nitrogens with zero attached hydrogens (tertiary/aromatic N) is 1. The Morgan fingerprint density at radius 3 is 2.16 bits per heavy atom. The lowest BCUT2D eigenvalue weighted by Crippen LogP contribution is -2.34. The highest BCUT2D eigenvalue weighted by molar-refractivity contribution is 7.32. The summed E-state index contributed by atoms with van der Waals surface area (Å²) >= 11 is 1.98. The molecule has 0 aliphatic carbocycles. The van der Waals surface area contributed by atoms with Crippen LogP contribution in [0, 0.1) is 0 Å². The van der Waals surface area contributed by atoms with E-state index in [0.717, 1.165) is 11.2 Å². The summed E-state index contributed by atoms with van der Waals surface area (Å²) in [7, 11) is -1.42. The van der Waals surface area contributed by atoms with Crippen LogP contribution in [0.1, 0.15) is 26.3 Å². The van der Waals surface area contributed by atoms with Crippen LogP contribution in [-0.4, -0.2) is 13.1 Å². The number of rotatable bonds is 2. The van der Waals surface area contributed by atoms with Crippen molar-refractivity contribution >= 4 is 55.7 Å². The third kappa shape index (κ3) is 3.50. The van der Waals surface area contributed by atoms with Gasteiger partial charge in [-0.25, -0.2) is 4.98 Å². The second-order valence-corrected chi connectivity index (χ2v) is 17.0. The summed E-state index contributed by atoms with van der Waals surface area (Å²) in [5, 5.41) is 5.20. The molecule has 0 aliphatic heterocycles. The molecule has 3 heteroatoms. The average molecular weight is 440 g/mol. The summed E-state index contributed by atoms with van der Waals surface area (Å²) in [5.74, 6) is 0. The molecule has 2 heterocycles. The average Bonchev–Trinajstić information content (AvgIpc) is 3.18. The fourth-order valence-electron chi connectivity index (χ4n) is 4.37. The topological polar surface area (TPSA) is 12.9 Å². The van der Waals surface area contributed by atoms with Crippen molar-refractivity contribution in [1.82, 2.24) is 4.98 Å². The number of thiophene rings is 1. The number of para-hydroxylation sites is 1. The van der Waals surface area contributed by atoms with Crippen molar-refractivity contribution in [3.05, 3.63) is 72.3 Å². The number of aromatic nitrogens is 1. The molecule has 0 amide bonds. The van der Waals surface area contributed by atoms with Crippen LogP contribution >= 0.6 is 11.3 Å². The van der Waals surface area contributed by atoms with E-state index in [0.29, 0.717) is 0 Å². The van der Waals surface area contributed by atoms with Crippen LogP contribution in [0.3, 0.4) is 0 Å².